The summed E-state index contributed by atoms with van der Waals surface area (Å²) in [6.45, 7) is 2.72. The van der Waals surface area contributed by atoms with Gasteiger partial charge in [0.15, 0.2) is 17.5 Å². The molecule has 0 saturated heterocycles. The quantitative estimate of drug-likeness (QED) is 0.851. The zero-order valence-corrected chi connectivity index (χ0v) is 11.8. The Labute approximate surface area is 122 Å². The van der Waals surface area contributed by atoms with Crippen LogP contribution in [0.25, 0.3) is 0 Å². The van der Waals surface area contributed by atoms with Gasteiger partial charge in [-0.1, -0.05) is 13.0 Å². The topological polar surface area (TPSA) is 47.0 Å². The number of ether oxygens (including phenoxy) is 1. The Hall–Kier alpha value is -2.24. The van der Waals surface area contributed by atoms with Crippen molar-refractivity contribution in [3.05, 3.63) is 47.8 Å². The number of hydrogen-bond acceptors (Lipinski definition) is 4. The number of hydrogen-bond donors (Lipinski definition) is 1. The molecule has 0 aliphatic carbocycles. The fraction of sp³-hybridized carbons (Fsp3) is 0.333. The van der Waals surface area contributed by atoms with Crippen LogP contribution in [0.5, 0.6) is 5.88 Å². The minimum Gasteiger partial charge on any atom is -0.475 e. The molecule has 0 fully saturated rings. The maximum atomic E-state index is 13.6. The van der Waals surface area contributed by atoms with Crippen molar-refractivity contribution in [2.24, 2.45) is 0 Å². The highest BCUT2D eigenvalue weighted by Gasteiger charge is 2.12. The van der Waals surface area contributed by atoms with Crippen molar-refractivity contribution in [3.8, 4) is 5.88 Å². The summed E-state index contributed by atoms with van der Waals surface area (Å²) in [5.74, 6) is -1.73. The number of rotatable bonds is 7. The molecule has 0 aliphatic heterocycles. The maximum Gasteiger partial charge on any atom is 0.252 e. The van der Waals surface area contributed by atoms with E-state index in [0.29, 0.717) is 13.0 Å². The standard InChI is InChI=1S/C15H17F2N3O/c1-2-7-19-14-12(16)10-13(17)15(20-14)21-9-6-11-5-3-4-8-18-11/h3-5,8,10H,2,6-7,9H2,1H3,(H,19,20). The summed E-state index contributed by atoms with van der Waals surface area (Å²) in [7, 11) is 0. The highest BCUT2D eigenvalue weighted by molar-refractivity contribution is 5.39. The van der Waals surface area contributed by atoms with Crippen molar-refractivity contribution >= 4 is 5.82 Å². The number of nitrogens with one attached hydrogen (secondary N) is 1. The third-order valence-electron chi connectivity index (χ3n) is 2.76. The van der Waals surface area contributed by atoms with Crippen LogP contribution in [0.1, 0.15) is 19.0 Å². The first-order valence-corrected chi connectivity index (χ1v) is 6.83. The van der Waals surface area contributed by atoms with Gasteiger partial charge in [0.05, 0.1) is 6.61 Å². The lowest BCUT2D eigenvalue weighted by Crippen LogP contribution is -2.09. The molecule has 0 unspecified atom stereocenters. The van der Waals surface area contributed by atoms with Gasteiger partial charge in [-0.25, -0.2) is 8.78 Å². The molecule has 0 aliphatic rings. The van der Waals surface area contributed by atoms with Gasteiger partial charge in [-0.2, -0.15) is 4.98 Å². The lowest BCUT2D eigenvalue weighted by molar-refractivity contribution is 0.290. The molecule has 0 spiro atoms. The maximum absolute atomic E-state index is 13.6. The Balaban J connectivity index is 1.98. The average Bonchev–Trinajstić information content (AvgIpc) is 2.49. The molecule has 112 valence electrons. The highest BCUT2D eigenvalue weighted by atomic mass is 19.1. The second-order valence-electron chi connectivity index (χ2n) is 4.45. The monoisotopic (exact) mass is 293 g/mol. The lowest BCUT2D eigenvalue weighted by atomic mass is 10.3. The number of halogens is 2. The minimum atomic E-state index is -0.810. The van der Waals surface area contributed by atoms with E-state index in [0.717, 1.165) is 18.2 Å². The van der Waals surface area contributed by atoms with Crippen molar-refractivity contribution in [3.63, 3.8) is 0 Å². The second kappa shape index (κ2) is 7.52. The Morgan fingerprint density at radius 2 is 2.10 bits per heavy atom. The fourth-order valence-corrected chi connectivity index (χ4v) is 1.72. The summed E-state index contributed by atoms with van der Waals surface area (Å²) in [5.41, 5.74) is 0.837. The molecule has 2 aromatic heterocycles. The molecule has 4 nitrogen and oxygen atoms in total. The number of aromatic nitrogens is 2. The van der Waals surface area contributed by atoms with Gasteiger partial charge < -0.3 is 10.1 Å². The summed E-state index contributed by atoms with van der Waals surface area (Å²) in [5, 5.41) is 2.79. The first kappa shape index (κ1) is 15.2. The van der Waals surface area contributed by atoms with Crippen molar-refractivity contribution < 1.29 is 13.5 Å². The van der Waals surface area contributed by atoms with E-state index in [1.165, 1.54) is 0 Å². The molecule has 0 amide bonds. The molecule has 2 aromatic rings. The molecule has 0 atom stereocenters. The highest BCUT2D eigenvalue weighted by Crippen LogP contribution is 2.21. The van der Waals surface area contributed by atoms with E-state index < -0.39 is 11.6 Å². The lowest BCUT2D eigenvalue weighted by Gasteiger charge is -2.10. The van der Waals surface area contributed by atoms with Gasteiger partial charge in [-0.05, 0) is 18.6 Å². The van der Waals surface area contributed by atoms with Gasteiger partial charge in [0.25, 0.3) is 5.88 Å². The van der Waals surface area contributed by atoms with Crippen LogP contribution in [-0.4, -0.2) is 23.1 Å². The van der Waals surface area contributed by atoms with Crippen molar-refractivity contribution in [2.75, 3.05) is 18.5 Å². The number of pyridine rings is 2. The number of nitrogens with zero attached hydrogens (tertiary/aromatic N) is 2. The van der Waals surface area contributed by atoms with Gasteiger partial charge in [-0.15, -0.1) is 0 Å². The molecule has 2 heterocycles. The van der Waals surface area contributed by atoms with E-state index in [-0.39, 0.29) is 18.3 Å². The largest absolute Gasteiger partial charge is 0.475 e. The smallest absolute Gasteiger partial charge is 0.252 e. The third-order valence-corrected chi connectivity index (χ3v) is 2.76. The number of anilines is 1. The summed E-state index contributed by atoms with van der Waals surface area (Å²) in [4.78, 5) is 7.97. The van der Waals surface area contributed by atoms with Gasteiger partial charge in [0.2, 0.25) is 0 Å². The molecule has 0 radical (unpaired) electrons. The molecule has 0 bridgehead atoms. The van der Waals surface area contributed by atoms with Gasteiger partial charge in [0, 0.05) is 30.9 Å². The molecular formula is C15H17F2N3O. The van der Waals surface area contributed by atoms with Crippen LogP contribution in [0, 0.1) is 11.6 Å². The van der Waals surface area contributed by atoms with E-state index in [2.05, 4.69) is 15.3 Å². The van der Waals surface area contributed by atoms with E-state index in [1.807, 2.05) is 25.1 Å². The minimum absolute atomic E-state index is 0.00564. The Morgan fingerprint density at radius 1 is 1.24 bits per heavy atom. The zero-order valence-electron chi connectivity index (χ0n) is 11.8. The van der Waals surface area contributed by atoms with Gasteiger partial charge in [-0.3, -0.25) is 4.98 Å². The van der Waals surface area contributed by atoms with Crippen molar-refractivity contribution in [1.82, 2.24) is 9.97 Å². The van der Waals surface area contributed by atoms with Crippen LogP contribution in [0.4, 0.5) is 14.6 Å². The van der Waals surface area contributed by atoms with Crippen molar-refractivity contribution in [1.29, 1.82) is 0 Å². The Morgan fingerprint density at radius 3 is 2.81 bits per heavy atom. The summed E-state index contributed by atoms with van der Waals surface area (Å²) in [6.07, 6.45) is 3.02. The van der Waals surface area contributed by atoms with Gasteiger partial charge in [0.1, 0.15) is 0 Å². The van der Waals surface area contributed by atoms with Crippen LogP contribution in [-0.2, 0) is 6.42 Å². The predicted octanol–water partition coefficient (Wildman–Crippen LogP) is 3.20. The molecule has 0 aromatic carbocycles. The van der Waals surface area contributed by atoms with Crippen LogP contribution in [0.3, 0.4) is 0 Å². The summed E-state index contributed by atoms with van der Waals surface area (Å²) >= 11 is 0. The Kier molecular flexibility index (Phi) is 5.43. The first-order valence-electron chi connectivity index (χ1n) is 6.83. The molecule has 1 N–H and O–H groups in total. The first-order chi connectivity index (χ1) is 10.2. The molecule has 6 heteroatoms. The fourth-order valence-electron chi connectivity index (χ4n) is 1.72. The molecule has 0 saturated carbocycles. The second-order valence-corrected chi connectivity index (χ2v) is 4.45. The molecule has 2 rings (SSSR count). The van der Waals surface area contributed by atoms with E-state index in [1.54, 1.807) is 6.20 Å². The van der Waals surface area contributed by atoms with E-state index >= 15 is 0 Å². The third kappa shape index (κ3) is 4.37. The zero-order chi connectivity index (χ0) is 15.1. The van der Waals surface area contributed by atoms with Crippen LogP contribution in [0.2, 0.25) is 0 Å². The molecule has 21 heavy (non-hydrogen) atoms. The Bertz CT molecular complexity index is 579. The average molecular weight is 293 g/mol. The summed E-state index contributed by atoms with van der Waals surface area (Å²) < 4.78 is 32.4. The van der Waals surface area contributed by atoms with Crippen molar-refractivity contribution in [2.45, 2.75) is 19.8 Å². The summed E-state index contributed by atoms with van der Waals surface area (Å²) in [6, 6.07) is 6.32. The van der Waals surface area contributed by atoms with E-state index in [9.17, 15) is 8.78 Å². The normalized spacial score (nSPS) is 10.4. The van der Waals surface area contributed by atoms with E-state index in [4.69, 9.17) is 4.74 Å². The SMILES string of the molecule is CCCNc1nc(OCCc2ccccn2)c(F)cc1F. The van der Waals surface area contributed by atoms with Crippen LogP contribution in [0.15, 0.2) is 30.5 Å². The molecular weight excluding hydrogens is 276 g/mol. The van der Waals surface area contributed by atoms with Crippen LogP contribution >= 0.6 is 0 Å². The van der Waals surface area contributed by atoms with Gasteiger partial charge >= 0.3 is 0 Å². The predicted molar refractivity (Wildman–Crippen MR) is 76.4 cm³/mol. The van der Waals surface area contributed by atoms with Crippen LogP contribution < -0.4 is 10.1 Å².